The van der Waals surface area contributed by atoms with Crippen LogP contribution in [0.4, 0.5) is 5.69 Å². The van der Waals surface area contributed by atoms with Crippen molar-refractivity contribution in [3.05, 3.63) is 53.6 Å². The van der Waals surface area contributed by atoms with E-state index in [9.17, 15) is 5.11 Å². The lowest BCUT2D eigenvalue weighted by Crippen LogP contribution is -1.92. The van der Waals surface area contributed by atoms with Gasteiger partial charge in [-0.3, -0.25) is 4.99 Å². The van der Waals surface area contributed by atoms with Gasteiger partial charge in [-0.2, -0.15) is 0 Å². The second-order valence-corrected chi connectivity index (χ2v) is 4.25. The fourth-order valence-electron chi connectivity index (χ4n) is 1.66. The lowest BCUT2D eigenvalue weighted by molar-refractivity contribution is 0.337. The highest BCUT2D eigenvalue weighted by molar-refractivity contribution is 5.85. The van der Waals surface area contributed by atoms with E-state index in [2.05, 4.69) is 4.99 Å². The van der Waals surface area contributed by atoms with Crippen LogP contribution >= 0.6 is 0 Å². The molecule has 0 bridgehead atoms. The summed E-state index contributed by atoms with van der Waals surface area (Å²) in [5, 5.41) is 9.87. The molecule has 0 heterocycles. The average molecular weight is 255 g/mol. The number of ether oxygens (including phenoxy) is 1. The van der Waals surface area contributed by atoms with Gasteiger partial charge in [0.05, 0.1) is 12.3 Å². The summed E-state index contributed by atoms with van der Waals surface area (Å²) in [5.41, 5.74) is 2.73. The van der Waals surface area contributed by atoms with E-state index in [4.69, 9.17) is 4.74 Å². The molecule has 0 saturated carbocycles. The predicted molar refractivity (Wildman–Crippen MR) is 77.7 cm³/mol. The summed E-state index contributed by atoms with van der Waals surface area (Å²) in [6.45, 7) is 4.52. The van der Waals surface area contributed by atoms with Crippen LogP contribution in [0.5, 0.6) is 11.5 Å². The quantitative estimate of drug-likeness (QED) is 0.843. The Bertz CT molecular complexity index is 574. The van der Waals surface area contributed by atoms with Gasteiger partial charge in [-0.25, -0.2) is 0 Å². The molecule has 2 aromatic carbocycles. The van der Waals surface area contributed by atoms with E-state index in [0.29, 0.717) is 17.9 Å². The normalized spacial score (nSPS) is 10.8. The highest BCUT2D eigenvalue weighted by Crippen LogP contribution is 2.23. The molecule has 0 atom stereocenters. The van der Waals surface area contributed by atoms with Gasteiger partial charge in [0.1, 0.15) is 11.5 Å². The SMILES string of the molecule is CCOc1ccc(C=Nc2ccc(C)cc2)c(O)c1. The monoisotopic (exact) mass is 255 g/mol. The van der Waals surface area contributed by atoms with Crippen molar-refractivity contribution in [3.63, 3.8) is 0 Å². The maximum absolute atomic E-state index is 9.87. The Hall–Kier alpha value is -2.29. The average Bonchev–Trinajstić information content (AvgIpc) is 2.40. The van der Waals surface area contributed by atoms with Gasteiger partial charge in [0.2, 0.25) is 0 Å². The topological polar surface area (TPSA) is 41.8 Å². The Morgan fingerprint density at radius 2 is 1.89 bits per heavy atom. The van der Waals surface area contributed by atoms with Gasteiger partial charge in [-0.05, 0) is 38.1 Å². The molecule has 0 aliphatic rings. The first-order chi connectivity index (χ1) is 9.19. The van der Waals surface area contributed by atoms with Crippen molar-refractivity contribution in [2.75, 3.05) is 6.61 Å². The Balaban J connectivity index is 2.16. The lowest BCUT2D eigenvalue weighted by atomic mass is 10.2. The Morgan fingerprint density at radius 1 is 1.16 bits per heavy atom. The van der Waals surface area contributed by atoms with Crippen LogP contribution < -0.4 is 4.74 Å². The number of hydrogen-bond donors (Lipinski definition) is 1. The lowest BCUT2D eigenvalue weighted by Gasteiger charge is -2.04. The molecule has 2 aromatic rings. The number of aliphatic imine (C=N–C) groups is 1. The van der Waals surface area contributed by atoms with Crippen LogP contribution in [-0.4, -0.2) is 17.9 Å². The van der Waals surface area contributed by atoms with Crippen LogP contribution in [0.3, 0.4) is 0 Å². The highest BCUT2D eigenvalue weighted by atomic mass is 16.5. The van der Waals surface area contributed by atoms with E-state index in [0.717, 1.165) is 5.69 Å². The maximum atomic E-state index is 9.87. The molecule has 0 radical (unpaired) electrons. The molecule has 0 fully saturated rings. The van der Waals surface area contributed by atoms with Gasteiger partial charge in [-0.1, -0.05) is 17.7 Å². The van der Waals surface area contributed by atoms with Crippen LogP contribution in [0.15, 0.2) is 47.5 Å². The fourth-order valence-corrected chi connectivity index (χ4v) is 1.66. The molecule has 0 unspecified atom stereocenters. The van der Waals surface area contributed by atoms with Crippen molar-refractivity contribution in [2.24, 2.45) is 4.99 Å². The van der Waals surface area contributed by atoms with Crippen LogP contribution in [0.1, 0.15) is 18.1 Å². The van der Waals surface area contributed by atoms with Crippen molar-refractivity contribution < 1.29 is 9.84 Å². The molecule has 1 N–H and O–H groups in total. The summed E-state index contributed by atoms with van der Waals surface area (Å²) in [4.78, 5) is 4.33. The Kier molecular flexibility index (Phi) is 4.18. The number of benzene rings is 2. The summed E-state index contributed by atoms with van der Waals surface area (Å²) >= 11 is 0. The molecular formula is C16H17NO2. The summed E-state index contributed by atoms with van der Waals surface area (Å²) in [7, 11) is 0. The van der Waals surface area contributed by atoms with Crippen molar-refractivity contribution in [1.82, 2.24) is 0 Å². The Labute approximate surface area is 113 Å². The van der Waals surface area contributed by atoms with Crippen molar-refractivity contribution in [3.8, 4) is 11.5 Å². The third kappa shape index (κ3) is 3.58. The van der Waals surface area contributed by atoms with E-state index in [-0.39, 0.29) is 5.75 Å². The molecule has 3 nitrogen and oxygen atoms in total. The van der Waals surface area contributed by atoms with Crippen LogP contribution in [-0.2, 0) is 0 Å². The highest BCUT2D eigenvalue weighted by Gasteiger charge is 2.00. The molecule has 98 valence electrons. The number of rotatable bonds is 4. The molecular weight excluding hydrogens is 238 g/mol. The number of aryl methyl sites for hydroxylation is 1. The number of aromatic hydroxyl groups is 1. The molecule has 2 rings (SSSR count). The first kappa shape index (κ1) is 13.1. The zero-order valence-electron chi connectivity index (χ0n) is 11.1. The second-order valence-electron chi connectivity index (χ2n) is 4.25. The van der Waals surface area contributed by atoms with Crippen molar-refractivity contribution in [1.29, 1.82) is 0 Å². The predicted octanol–water partition coefficient (Wildman–Crippen LogP) is 3.85. The minimum Gasteiger partial charge on any atom is -0.507 e. The third-order valence-corrected chi connectivity index (χ3v) is 2.70. The second kappa shape index (κ2) is 6.05. The van der Waals surface area contributed by atoms with E-state index >= 15 is 0 Å². The summed E-state index contributed by atoms with van der Waals surface area (Å²) < 4.78 is 5.31. The minimum absolute atomic E-state index is 0.168. The summed E-state index contributed by atoms with van der Waals surface area (Å²) in [5.74, 6) is 0.828. The van der Waals surface area contributed by atoms with Gasteiger partial charge < -0.3 is 9.84 Å². The molecule has 0 spiro atoms. The van der Waals surface area contributed by atoms with Gasteiger partial charge >= 0.3 is 0 Å². The number of hydrogen-bond acceptors (Lipinski definition) is 3. The fraction of sp³-hybridized carbons (Fsp3) is 0.188. The summed E-state index contributed by atoms with van der Waals surface area (Å²) in [6.07, 6.45) is 1.65. The van der Waals surface area contributed by atoms with Gasteiger partial charge in [0, 0.05) is 17.8 Å². The molecule has 19 heavy (non-hydrogen) atoms. The van der Waals surface area contributed by atoms with Gasteiger partial charge in [0.15, 0.2) is 0 Å². The van der Waals surface area contributed by atoms with Crippen LogP contribution in [0, 0.1) is 6.92 Å². The summed E-state index contributed by atoms with van der Waals surface area (Å²) in [6, 6.07) is 13.1. The molecule has 0 aliphatic carbocycles. The zero-order valence-corrected chi connectivity index (χ0v) is 11.1. The van der Waals surface area contributed by atoms with E-state index in [1.165, 1.54) is 5.56 Å². The maximum Gasteiger partial charge on any atom is 0.128 e. The molecule has 0 amide bonds. The molecule has 3 heteroatoms. The van der Waals surface area contributed by atoms with E-state index in [1.54, 1.807) is 18.3 Å². The number of nitrogens with zero attached hydrogens (tertiary/aromatic N) is 1. The van der Waals surface area contributed by atoms with E-state index in [1.807, 2.05) is 44.2 Å². The minimum atomic E-state index is 0.168. The van der Waals surface area contributed by atoms with Crippen molar-refractivity contribution >= 4 is 11.9 Å². The smallest absolute Gasteiger partial charge is 0.128 e. The standard InChI is InChI=1S/C16H17NO2/c1-3-19-15-9-6-13(16(18)10-15)11-17-14-7-4-12(2)5-8-14/h4-11,18H,3H2,1-2H3. The molecule has 0 aliphatic heterocycles. The van der Waals surface area contributed by atoms with E-state index < -0.39 is 0 Å². The van der Waals surface area contributed by atoms with Crippen LogP contribution in [0.25, 0.3) is 0 Å². The number of phenolic OH excluding ortho intramolecular Hbond substituents is 1. The third-order valence-electron chi connectivity index (χ3n) is 2.70. The zero-order chi connectivity index (χ0) is 13.7. The van der Waals surface area contributed by atoms with Crippen molar-refractivity contribution in [2.45, 2.75) is 13.8 Å². The molecule has 0 saturated heterocycles. The van der Waals surface area contributed by atoms with Crippen LogP contribution in [0.2, 0.25) is 0 Å². The first-order valence-electron chi connectivity index (χ1n) is 6.25. The van der Waals surface area contributed by atoms with Gasteiger partial charge in [-0.15, -0.1) is 0 Å². The largest absolute Gasteiger partial charge is 0.507 e. The number of phenols is 1. The molecule has 0 aromatic heterocycles. The van der Waals surface area contributed by atoms with Gasteiger partial charge in [0.25, 0.3) is 0 Å². The Morgan fingerprint density at radius 3 is 2.53 bits per heavy atom. The first-order valence-corrected chi connectivity index (χ1v) is 6.25.